The number of hydrogen-bond donors (Lipinski definition) is 2. The van der Waals surface area contributed by atoms with Gasteiger partial charge in [0, 0.05) is 0 Å². The van der Waals surface area contributed by atoms with Crippen molar-refractivity contribution in [1.82, 2.24) is 15.8 Å². The zero-order valence-corrected chi connectivity index (χ0v) is 15.2. The molecular formula is C18H27N3O5. The molecule has 26 heavy (non-hydrogen) atoms. The summed E-state index contributed by atoms with van der Waals surface area (Å²) in [6, 6.07) is -0.628. The van der Waals surface area contributed by atoms with E-state index in [1.165, 1.54) is 0 Å². The molecular weight excluding hydrogens is 338 g/mol. The molecule has 0 atom stereocenters. The standard InChI is InChI=1S/C18H27N3O5/c1-12-7-9-18(10-8-12)16(24)21(17(25)19-18)20-14(22)11-26-15(23)13-5-3-2-4-6-13/h12-13H,2-11H2,1H3,(H,19,25)(H,20,22). The average Bonchev–Trinajstić information content (AvgIpc) is 2.87. The Labute approximate surface area is 153 Å². The number of imide groups is 1. The maximum Gasteiger partial charge on any atom is 0.344 e. The van der Waals surface area contributed by atoms with E-state index in [4.69, 9.17) is 4.74 Å². The molecule has 1 heterocycles. The van der Waals surface area contributed by atoms with Crippen molar-refractivity contribution in [2.75, 3.05) is 6.61 Å². The maximum atomic E-state index is 12.6. The summed E-state index contributed by atoms with van der Waals surface area (Å²) in [6.45, 7) is 1.63. The van der Waals surface area contributed by atoms with Crippen LogP contribution in [0.3, 0.4) is 0 Å². The van der Waals surface area contributed by atoms with Gasteiger partial charge in [-0.1, -0.05) is 26.2 Å². The van der Waals surface area contributed by atoms with Crippen LogP contribution in [0.15, 0.2) is 0 Å². The second-order valence-electron chi connectivity index (χ2n) is 7.81. The fraction of sp³-hybridized carbons (Fsp3) is 0.778. The van der Waals surface area contributed by atoms with Gasteiger partial charge in [0.1, 0.15) is 5.54 Å². The van der Waals surface area contributed by atoms with Gasteiger partial charge in [-0.25, -0.2) is 4.79 Å². The van der Waals surface area contributed by atoms with Gasteiger partial charge in [-0.2, -0.15) is 5.01 Å². The van der Waals surface area contributed by atoms with Crippen molar-refractivity contribution in [3.05, 3.63) is 0 Å². The predicted molar refractivity (Wildman–Crippen MR) is 91.4 cm³/mol. The summed E-state index contributed by atoms with van der Waals surface area (Å²) in [5.41, 5.74) is 1.37. The normalized spacial score (nSPS) is 29.6. The molecule has 0 aromatic rings. The Morgan fingerprint density at radius 3 is 2.46 bits per heavy atom. The van der Waals surface area contributed by atoms with Crippen molar-refractivity contribution in [3.8, 4) is 0 Å². The van der Waals surface area contributed by atoms with Crippen LogP contribution in [0.2, 0.25) is 0 Å². The third-order valence-corrected chi connectivity index (χ3v) is 5.81. The van der Waals surface area contributed by atoms with E-state index in [0.717, 1.165) is 50.0 Å². The van der Waals surface area contributed by atoms with Crippen LogP contribution in [0.1, 0.15) is 64.7 Å². The van der Waals surface area contributed by atoms with Gasteiger partial charge in [0.15, 0.2) is 6.61 Å². The van der Waals surface area contributed by atoms with Crippen molar-refractivity contribution in [2.45, 2.75) is 70.3 Å². The second-order valence-corrected chi connectivity index (χ2v) is 7.81. The van der Waals surface area contributed by atoms with Gasteiger partial charge in [-0.15, -0.1) is 0 Å². The smallest absolute Gasteiger partial charge is 0.344 e. The Morgan fingerprint density at radius 1 is 1.15 bits per heavy atom. The fourth-order valence-electron chi connectivity index (χ4n) is 4.07. The first-order valence-corrected chi connectivity index (χ1v) is 9.54. The van der Waals surface area contributed by atoms with E-state index >= 15 is 0 Å². The lowest BCUT2D eigenvalue weighted by atomic mass is 9.77. The molecule has 0 radical (unpaired) electrons. The molecule has 2 saturated carbocycles. The van der Waals surface area contributed by atoms with Crippen LogP contribution in [0, 0.1) is 11.8 Å². The van der Waals surface area contributed by atoms with Crippen LogP contribution in [0.5, 0.6) is 0 Å². The summed E-state index contributed by atoms with van der Waals surface area (Å²) in [4.78, 5) is 48.8. The Hall–Kier alpha value is -2.12. The SMILES string of the molecule is CC1CCC2(CC1)NC(=O)N(NC(=O)COC(=O)C1CCCCC1)C2=O. The molecule has 1 spiro atoms. The summed E-state index contributed by atoms with van der Waals surface area (Å²) in [6.07, 6.45) is 7.53. The van der Waals surface area contributed by atoms with Gasteiger partial charge < -0.3 is 10.1 Å². The van der Waals surface area contributed by atoms with Gasteiger partial charge in [0.05, 0.1) is 5.92 Å². The summed E-state index contributed by atoms with van der Waals surface area (Å²) in [5.74, 6) is -1.12. The van der Waals surface area contributed by atoms with Gasteiger partial charge in [0.25, 0.3) is 11.8 Å². The van der Waals surface area contributed by atoms with Crippen molar-refractivity contribution in [1.29, 1.82) is 0 Å². The first-order valence-electron chi connectivity index (χ1n) is 9.54. The zero-order valence-electron chi connectivity index (χ0n) is 15.2. The number of nitrogens with one attached hydrogen (secondary N) is 2. The van der Waals surface area contributed by atoms with E-state index in [9.17, 15) is 19.2 Å². The molecule has 0 aromatic carbocycles. The third kappa shape index (κ3) is 3.83. The van der Waals surface area contributed by atoms with Crippen LogP contribution < -0.4 is 10.7 Å². The van der Waals surface area contributed by atoms with Crippen LogP contribution in [-0.4, -0.2) is 41.0 Å². The van der Waals surface area contributed by atoms with Gasteiger partial charge in [0.2, 0.25) is 0 Å². The minimum absolute atomic E-state index is 0.152. The molecule has 3 fully saturated rings. The Kier molecular flexibility index (Phi) is 5.48. The number of ether oxygens (including phenoxy) is 1. The first-order chi connectivity index (χ1) is 12.4. The highest BCUT2D eigenvalue weighted by atomic mass is 16.5. The van der Waals surface area contributed by atoms with Crippen LogP contribution in [-0.2, 0) is 19.1 Å². The largest absolute Gasteiger partial charge is 0.455 e. The number of hydrogen-bond acceptors (Lipinski definition) is 5. The third-order valence-electron chi connectivity index (χ3n) is 5.81. The van der Waals surface area contributed by atoms with Crippen molar-refractivity contribution in [2.24, 2.45) is 11.8 Å². The number of rotatable bonds is 4. The molecule has 0 unspecified atom stereocenters. The summed E-state index contributed by atoms with van der Waals surface area (Å²) in [5, 5.41) is 3.46. The minimum Gasteiger partial charge on any atom is -0.455 e. The lowest BCUT2D eigenvalue weighted by Crippen LogP contribution is -2.52. The molecule has 0 bridgehead atoms. The average molecular weight is 365 g/mol. The van der Waals surface area contributed by atoms with E-state index in [2.05, 4.69) is 17.7 Å². The molecule has 0 aromatic heterocycles. The van der Waals surface area contributed by atoms with E-state index in [0.29, 0.717) is 18.8 Å². The number of carbonyl (C=O) groups excluding carboxylic acids is 4. The maximum absolute atomic E-state index is 12.6. The molecule has 4 amide bonds. The van der Waals surface area contributed by atoms with E-state index in [1.54, 1.807) is 0 Å². The van der Waals surface area contributed by atoms with Crippen LogP contribution in [0.25, 0.3) is 0 Å². The Morgan fingerprint density at radius 2 is 1.81 bits per heavy atom. The first kappa shape index (κ1) is 18.7. The van der Waals surface area contributed by atoms with E-state index < -0.39 is 30.0 Å². The molecule has 1 aliphatic heterocycles. The zero-order chi connectivity index (χ0) is 18.7. The molecule has 8 nitrogen and oxygen atoms in total. The lowest BCUT2D eigenvalue weighted by Gasteiger charge is -2.33. The number of carbonyl (C=O) groups is 4. The molecule has 1 saturated heterocycles. The van der Waals surface area contributed by atoms with Gasteiger partial charge >= 0.3 is 12.0 Å². The Bertz CT molecular complexity index is 592. The number of amides is 4. The summed E-state index contributed by atoms with van der Waals surface area (Å²) in [7, 11) is 0. The number of urea groups is 1. The second kappa shape index (κ2) is 7.63. The monoisotopic (exact) mass is 365 g/mol. The summed E-state index contributed by atoms with van der Waals surface area (Å²) < 4.78 is 5.05. The predicted octanol–water partition coefficient (Wildman–Crippen LogP) is 1.64. The topological polar surface area (TPSA) is 105 Å². The highest BCUT2D eigenvalue weighted by molar-refractivity contribution is 6.08. The van der Waals surface area contributed by atoms with Crippen molar-refractivity contribution in [3.63, 3.8) is 0 Å². The molecule has 144 valence electrons. The number of esters is 1. The van der Waals surface area contributed by atoms with E-state index in [1.807, 2.05) is 0 Å². The van der Waals surface area contributed by atoms with Gasteiger partial charge in [-0.05, 0) is 44.4 Å². The lowest BCUT2D eigenvalue weighted by molar-refractivity contribution is -0.155. The minimum atomic E-state index is -0.907. The Balaban J connectivity index is 1.50. The number of nitrogens with zero attached hydrogens (tertiary/aromatic N) is 1. The summed E-state index contributed by atoms with van der Waals surface area (Å²) >= 11 is 0. The fourth-order valence-corrected chi connectivity index (χ4v) is 4.07. The van der Waals surface area contributed by atoms with Crippen LogP contribution >= 0.6 is 0 Å². The van der Waals surface area contributed by atoms with E-state index in [-0.39, 0.29) is 11.9 Å². The molecule has 3 rings (SSSR count). The van der Waals surface area contributed by atoms with Crippen molar-refractivity contribution < 1.29 is 23.9 Å². The van der Waals surface area contributed by atoms with Crippen molar-refractivity contribution >= 4 is 23.8 Å². The highest BCUT2D eigenvalue weighted by Crippen LogP contribution is 2.35. The van der Waals surface area contributed by atoms with Gasteiger partial charge in [-0.3, -0.25) is 19.8 Å². The molecule has 8 heteroatoms. The quantitative estimate of drug-likeness (QED) is 0.582. The van der Waals surface area contributed by atoms with Crippen LogP contribution in [0.4, 0.5) is 4.79 Å². The highest BCUT2D eigenvalue weighted by Gasteiger charge is 2.52. The molecule has 2 N–H and O–H groups in total. The molecule has 2 aliphatic carbocycles. The number of hydrazine groups is 1. The molecule has 3 aliphatic rings.